The average molecular weight is 311 g/mol. The molecule has 0 spiro atoms. The Morgan fingerprint density at radius 1 is 1.16 bits per heavy atom. The van der Waals surface area contributed by atoms with Gasteiger partial charge >= 0.3 is 0 Å². The Bertz CT molecular complexity index is 357. The van der Waals surface area contributed by atoms with Gasteiger partial charge in [-0.15, -0.1) is 11.6 Å². The summed E-state index contributed by atoms with van der Waals surface area (Å²) in [4.78, 5) is 0. The van der Waals surface area contributed by atoms with Crippen LogP contribution in [0.25, 0.3) is 0 Å². The summed E-state index contributed by atoms with van der Waals surface area (Å²) in [7, 11) is -3.36. The van der Waals surface area contributed by atoms with Gasteiger partial charge in [-0.2, -0.15) is 12.7 Å². The van der Waals surface area contributed by atoms with Crippen molar-refractivity contribution in [2.45, 2.75) is 58.3 Å². The molecule has 1 N–H and O–H groups in total. The van der Waals surface area contributed by atoms with Gasteiger partial charge in [-0.25, -0.2) is 4.72 Å². The molecule has 0 aliphatic carbocycles. The highest BCUT2D eigenvalue weighted by atomic mass is 35.5. The molecule has 1 unspecified atom stereocenters. The molecule has 1 aliphatic rings. The van der Waals surface area contributed by atoms with Gasteiger partial charge in [-0.05, 0) is 24.7 Å². The van der Waals surface area contributed by atoms with E-state index in [9.17, 15) is 8.42 Å². The monoisotopic (exact) mass is 310 g/mol. The lowest BCUT2D eigenvalue weighted by Gasteiger charge is -2.24. The van der Waals surface area contributed by atoms with E-state index in [1.807, 2.05) is 0 Å². The molecule has 0 amide bonds. The highest BCUT2D eigenvalue weighted by molar-refractivity contribution is 7.87. The van der Waals surface area contributed by atoms with Crippen LogP contribution in [0.2, 0.25) is 0 Å². The van der Waals surface area contributed by atoms with Crippen LogP contribution in [0.1, 0.15) is 52.9 Å². The molecule has 1 rings (SSSR count). The Morgan fingerprint density at radius 3 is 2.16 bits per heavy atom. The lowest BCUT2D eigenvalue weighted by atomic mass is 9.90. The van der Waals surface area contributed by atoms with Crippen LogP contribution >= 0.6 is 11.6 Å². The van der Waals surface area contributed by atoms with Crippen molar-refractivity contribution in [1.82, 2.24) is 9.03 Å². The summed E-state index contributed by atoms with van der Waals surface area (Å²) in [5.74, 6) is 0. The highest BCUT2D eigenvalue weighted by Crippen LogP contribution is 2.23. The van der Waals surface area contributed by atoms with E-state index in [-0.39, 0.29) is 10.8 Å². The Balaban J connectivity index is 2.45. The Labute approximate surface area is 123 Å². The zero-order chi connectivity index (χ0) is 14.5. The van der Waals surface area contributed by atoms with Gasteiger partial charge in [0.05, 0.1) is 0 Å². The molecule has 6 heteroatoms. The van der Waals surface area contributed by atoms with Crippen molar-refractivity contribution in [2.75, 3.05) is 19.6 Å². The van der Waals surface area contributed by atoms with Gasteiger partial charge in [-0.1, -0.05) is 33.6 Å². The minimum Gasteiger partial charge on any atom is -0.201 e. The second kappa shape index (κ2) is 7.25. The summed E-state index contributed by atoms with van der Waals surface area (Å²) in [5.41, 5.74) is 0.112. The first-order chi connectivity index (χ1) is 8.71. The van der Waals surface area contributed by atoms with Gasteiger partial charge < -0.3 is 0 Å². The summed E-state index contributed by atoms with van der Waals surface area (Å²) in [6, 6.07) is 0. The molecule has 0 radical (unpaired) electrons. The first kappa shape index (κ1) is 17.2. The van der Waals surface area contributed by atoms with Crippen LogP contribution in [0.15, 0.2) is 0 Å². The number of hydrogen-bond donors (Lipinski definition) is 1. The van der Waals surface area contributed by atoms with E-state index in [0.717, 1.165) is 32.1 Å². The van der Waals surface area contributed by atoms with Gasteiger partial charge in [0.2, 0.25) is 0 Å². The molecule has 0 aromatic carbocycles. The van der Waals surface area contributed by atoms with Crippen molar-refractivity contribution in [1.29, 1.82) is 0 Å². The van der Waals surface area contributed by atoms with Crippen LogP contribution in [0.3, 0.4) is 0 Å². The molecule has 1 saturated heterocycles. The third-order valence-corrected chi connectivity index (χ3v) is 5.11. The van der Waals surface area contributed by atoms with Crippen LogP contribution in [0, 0.1) is 5.41 Å². The summed E-state index contributed by atoms with van der Waals surface area (Å²) < 4.78 is 28.5. The molecule has 1 fully saturated rings. The van der Waals surface area contributed by atoms with E-state index in [2.05, 4.69) is 25.5 Å². The number of alkyl halides is 1. The van der Waals surface area contributed by atoms with Gasteiger partial charge in [0.25, 0.3) is 10.2 Å². The van der Waals surface area contributed by atoms with E-state index >= 15 is 0 Å². The summed E-state index contributed by atoms with van der Waals surface area (Å²) >= 11 is 6.20. The SMILES string of the molecule is CC(C)(C)CC(Cl)CNS(=O)(=O)N1CCCCCC1. The smallest absolute Gasteiger partial charge is 0.201 e. The Kier molecular flexibility index (Phi) is 6.57. The molecule has 1 atom stereocenters. The fourth-order valence-electron chi connectivity index (χ4n) is 2.31. The van der Waals surface area contributed by atoms with Crippen LogP contribution < -0.4 is 4.72 Å². The zero-order valence-corrected chi connectivity index (χ0v) is 13.9. The normalized spacial score (nSPS) is 21.1. The van der Waals surface area contributed by atoms with Crippen molar-refractivity contribution in [3.63, 3.8) is 0 Å². The molecule has 4 nitrogen and oxygen atoms in total. The van der Waals surface area contributed by atoms with E-state index in [1.54, 1.807) is 4.31 Å². The number of rotatable bonds is 5. The molecule has 114 valence electrons. The summed E-state index contributed by atoms with van der Waals surface area (Å²) in [6.07, 6.45) is 4.93. The van der Waals surface area contributed by atoms with E-state index in [0.29, 0.717) is 19.6 Å². The van der Waals surface area contributed by atoms with Crippen molar-refractivity contribution < 1.29 is 8.42 Å². The van der Waals surface area contributed by atoms with E-state index in [4.69, 9.17) is 11.6 Å². The topological polar surface area (TPSA) is 49.4 Å². The van der Waals surface area contributed by atoms with Crippen LogP contribution in [-0.2, 0) is 10.2 Å². The zero-order valence-electron chi connectivity index (χ0n) is 12.3. The molecular weight excluding hydrogens is 284 g/mol. The molecular formula is C13H27ClN2O2S. The second-order valence-electron chi connectivity index (χ2n) is 6.53. The van der Waals surface area contributed by atoms with Crippen molar-refractivity contribution >= 4 is 21.8 Å². The molecule has 1 heterocycles. The average Bonchev–Trinajstić information content (AvgIpc) is 2.53. The summed E-state index contributed by atoms with van der Waals surface area (Å²) in [5, 5.41) is -0.165. The molecule has 0 aromatic rings. The summed E-state index contributed by atoms with van der Waals surface area (Å²) in [6.45, 7) is 7.86. The lowest BCUT2D eigenvalue weighted by Crippen LogP contribution is -2.43. The minimum atomic E-state index is -3.36. The standard InChI is InChI=1S/C13H27ClN2O2S/c1-13(2,3)10-12(14)11-15-19(17,18)16-8-6-4-5-7-9-16/h12,15H,4-11H2,1-3H3. The maximum Gasteiger partial charge on any atom is 0.279 e. The van der Waals surface area contributed by atoms with Crippen molar-refractivity contribution in [2.24, 2.45) is 5.41 Å². The number of nitrogens with zero attached hydrogens (tertiary/aromatic N) is 1. The van der Waals surface area contributed by atoms with Gasteiger partial charge in [-0.3, -0.25) is 0 Å². The molecule has 0 saturated carbocycles. The van der Waals surface area contributed by atoms with Crippen LogP contribution in [0.4, 0.5) is 0 Å². The quantitative estimate of drug-likeness (QED) is 0.794. The number of hydrogen-bond acceptors (Lipinski definition) is 2. The molecule has 19 heavy (non-hydrogen) atoms. The Hall–Kier alpha value is 0.160. The fraction of sp³-hybridized carbons (Fsp3) is 1.00. The van der Waals surface area contributed by atoms with E-state index in [1.165, 1.54) is 0 Å². The van der Waals surface area contributed by atoms with Crippen molar-refractivity contribution in [3.05, 3.63) is 0 Å². The predicted octanol–water partition coefficient (Wildman–Crippen LogP) is 2.74. The maximum atomic E-state index is 12.2. The van der Waals surface area contributed by atoms with Gasteiger partial charge in [0, 0.05) is 25.0 Å². The van der Waals surface area contributed by atoms with Crippen molar-refractivity contribution in [3.8, 4) is 0 Å². The molecule has 0 bridgehead atoms. The first-order valence-corrected chi connectivity index (χ1v) is 8.97. The minimum absolute atomic E-state index is 0.112. The fourth-order valence-corrected chi connectivity index (χ4v) is 4.27. The molecule has 0 aromatic heterocycles. The van der Waals surface area contributed by atoms with E-state index < -0.39 is 10.2 Å². The number of halogens is 1. The van der Waals surface area contributed by atoms with Gasteiger partial charge in [0.15, 0.2) is 0 Å². The third-order valence-electron chi connectivity index (χ3n) is 3.23. The van der Waals surface area contributed by atoms with Gasteiger partial charge in [0.1, 0.15) is 0 Å². The molecule has 1 aliphatic heterocycles. The largest absolute Gasteiger partial charge is 0.279 e. The third kappa shape index (κ3) is 6.93. The maximum absolute atomic E-state index is 12.2. The van der Waals surface area contributed by atoms with Crippen LogP contribution in [-0.4, -0.2) is 37.7 Å². The Morgan fingerprint density at radius 2 is 1.68 bits per heavy atom. The van der Waals surface area contributed by atoms with Crippen LogP contribution in [0.5, 0.6) is 0 Å². The first-order valence-electron chi connectivity index (χ1n) is 7.09. The lowest BCUT2D eigenvalue weighted by molar-refractivity contribution is 0.365. The predicted molar refractivity (Wildman–Crippen MR) is 80.7 cm³/mol. The number of nitrogens with one attached hydrogen (secondary N) is 1. The highest BCUT2D eigenvalue weighted by Gasteiger charge is 2.24. The second-order valence-corrected chi connectivity index (χ2v) is 8.90.